The minimum absolute atomic E-state index is 0.115. The first-order valence-corrected chi connectivity index (χ1v) is 6.10. The summed E-state index contributed by atoms with van der Waals surface area (Å²) in [5.41, 5.74) is -0.0795. The van der Waals surface area contributed by atoms with Gasteiger partial charge >= 0.3 is 5.97 Å². The molecule has 0 bridgehead atoms. The molecule has 0 unspecified atom stereocenters. The van der Waals surface area contributed by atoms with Crippen LogP contribution in [-0.4, -0.2) is 34.9 Å². The number of aliphatic carboxylic acids is 1. The molecule has 1 aromatic rings. The lowest BCUT2D eigenvalue weighted by atomic mass is 10.1. The van der Waals surface area contributed by atoms with E-state index in [2.05, 4.69) is 0 Å². The van der Waals surface area contributed by atoms with Crippen molar-refractivity contribution in [3.8, 4) is 0 Å². The average molecular weight is 272 g/mol. The highest BCUT2D eigenvalue weighted by Crippen LogP contribution is 2.21. The van der Waals surface area contributed by atoms with Gasteiger partial charge in [-0.2, -0.15) is 0 Å². The van der Waals surface area contributed by atoms with Crippen molar-refractivity contribution in [3.05, 3.63) is 29.3 Å². The van der Waals surface area contributed by atoms with Gasteiger partial charge in [0.05, 0.1) is 5.60 Å². The summed E-state index contributed by atoms with van der Waals surface area (Å²) in [6.07, 6.45) is 0.479. The first kappa shape index (κ1) is 14.8. The van der Waals surface area contributed by atoms with Crippen molar-refractivity contribution in [2.45, 2.75) is 25.9 Å². The SMILES string of the molecule is CC(C)(O)CCN(CC(=O)O)c1cccc(Cl)c1. The lowest BCUT2D eigenvalue weighted by Gasteiger charge is -2.26. The minimum atomic E-state index is -0.911. The van der Waals surface area contributed by atoms with Crippen LogP contribution in [0.5, 0.6) is 0 Å². The molecule has 100 valence electrons. The summed E-state index contributed by atoms with van der Waals surface area (Å²) in [5.74, 6) is -0.911. The van der Waals surface area contributed by atoms with Crippen molar-refractivity contribution in [1.29, 1.82) is 0 Å². The maximum atomic E-state index is 10.9. The summed E-state index contributed by atoms with van der Waals surface area (Å²) < 4.78 is 0. The lowest BCUT2D eigenvalue weighted by Crippen LogP contribution is -2.34. The Kier molecular flexibility index (Phi) is 4.99. The molecular weight excluding hydrogens is 254 g/mol. The quantitative estimate of drug-likeness (QED) is 0.834. The molecule has 0 aliphatic rings. The van der Waals surface area contributed by atoms with Gasteiger partial charge in [0.1, 0.15) is 6.54 Å². The fraction of sp³-hybridized carbons (Fsp3) is 0.462. The van der Waals surface area contributed by atoms with Gasteiger partial charge in [0.15, 0.2) is 0 Å². The van der Waals surface area contributed by atoms with Crippen molar-refractivity contribution in [2.75, 3.05) is 18.0 Å². The van der Waals surface area contributed by atoms with E-state index >= 15 is 0 Å². The van der Waals surface area contributed by atoms with Gasteiger partial charge in [-0.3, -0.25) is 4.79 Å². The van der Waals surface area contributed by atoms with Gasteiger partial charge in [0.2, 0.25) is 0 Å². The Morgan fingerprint density at radius 2 is 2.11 bits per heavy atom. The molecule has 5 heteroatoms. The zero-order valence-corrected chi connectivity index (χ0v) is 11.3. The normalized spacial score (nSPS) is 11.3. The highest BCUT2D eigenvalue weighted by molar-refractivity contribution is 6.30. The summed E-state index contributed by atoms with van der Waals surface area (Å²) in [5, 5.41) is 19.2. The molecule has 0 aliphatic heterocycles. The molecule has 0 radical (unpaired) electrons. The van der Waals surface area contributed by atoms with Crippen LogP contribution >= 0.6 is 11.6 Å². The Hall–Kier alpha value is -1.26. The van der Waals surface area contributed by atoms with Crippen LogP contribution in [0.2, 0.25) is 5.02 Å². The topological polar surface area (TPSA) is 60.8 Å². The van der Waals surface area contributed by atoms with Crippen molar-refractivity contribution >= 4 is 23.3 Å². The van der Waals surface area contributed by atoms with Crippen LogP contribution in [0.3, 0.4) is 0 Å². The second-order valence-corrected chi connectivity index (χ2v) is 5.29. The molecule has 18 heavy (non-hydrogen) atoms. The third-order valence-electron chi connectivity index (χ3n) is 2.49. The molecule has 0 heterocycles. The zero-order valence-electron chi connectivity index (χ0n) is 10.6. The second-order valence-electron chi connectivity index (χ2n) is 4.86. The number of carboxylic acid groups (broad SMARTS) is 1. The van der Waals surface area contributed by atoms with Gasteiger partial charge in [0.25, 0.3) is 0 Å². The number of hydrogen-bond donors (Lipinski definition) is 2. The van der Waals surface area contributed by atoms with E-state index in [1.165, 1.54) is 0 Å². The fourth-order valence-corrected chi connectivity index (χ4v) is 1.73. The van der Waals surface area contributed by atoms with Gasteiger partial charge in [-0.1, -0.05) is 17.7 Å². The number of halogens is 1. The Labute approximate surface area is 112 Å². The molecular formula is C13H18ClNO3. The summed E-state index contributed by atoms with van der Waals surface area (Å²) in [6.45, 7) is 3.74. The molecule has 0 spiro atoms. The average Bonchev–Trinajstić information content (AvgIpc) is 2.22. The molecule has 0 aliphatic carbocycles. The van der Waals surface area contributed by atoms with Crippen LogP contribution in [0.15, 0.2) is 24.3 Å². The van der Waals surface area contributed by atoms with Crippen LogP contribution in [-0.2, 0) is 4.79 Å². The molecule has 0 saturated heterocycles. The van der Waals surface area contributed by atoms with Crippen molar-refractivity contribution in [2.24, 2.45) is 0 Å². The standard InChI is InChI=1S/C13H18ClNO3/c1-13(2,18)6-7-15(9-12(16)17)11-5-3-4-10(14)8-11/h3-5,8,18H,6-7,9H2,1-2H3,(H,16,17). The Morgan fingerprint density at radius 3 is 2.61 bits per heavy atom. The Morgan fingerprint density at radius 1 is 1.44 bits per heavy atom. The van der Waals surface area contributed by atoms with Crippen molar-refractivity contribution in [1.82, 2.24) is 0 Å². The number of carboxylic acids is 1. The number of aliphatic hydroxyl groups is 1. The molecule has 2 N–H and O–H groups in total. The summed E-state index contributed by atoms with van der Waals surface area (Å²) in [4.78, 5) is 12.5. The summed E-state index contributed by atoms with van der Waals surface area (Å²) in [7, 11) is 0. The van der Waals surface area contributed by atoms with E-state index in [1.807, 2.05) is 0 Å². The number of carbonyl (C=O) groups is 1. The third-order valence-corrected chi connectivity index (χ3v) is 2.73. The molecule has 0 saturated carbocycles. The molecule has 0 fully saturated rings. The maximum absolute atomic E-state index is 10.9. The van der Waals surface area contributed by atoms with Gasteiger partial charge in [-0.05, 0) is 38.5 Å². The second kappa shape index (κ2) is 6.07. The number of anilines is 1. The van der Waals surface area contributed by atoms with Crippen LogP contribution in [0.4, 0.5) is 5.69 Å². The number of rotatable bonds is 6. The first-order valence-electron chi connectivity index (χ1n) is 5.72. The molecule has 0 atom stereocenters. The maximum Gasteiger partial charge on any atom is 0.323 e. The molecule has 0 aromatic heterocycles. The molecule has 4 nitrogen and oxygen atoms in total. The number of hydrogen-bond acceptors (Lipinski definition) is 3. The molecule has 1 rings (SSSR count). The van der Waals surface area contributed by atoms with Crippen LogP contribution < -0.4 is 4.90 Å². The molecule has 1 aromatic carbocycles. The smallest absolute Gasteiger partial charge is 0.323 e. The largest absolute Gasteiger partial charge is 0.480 e. The fourth-order valence-electron chi connectivity index (χ4n) is 1.54. The van der Waals surface area contributed by atoms with E-state index in [4.69, 9.17) is 16.7 Å². The van der Waals surface area contributed by atoms with E-state index in [1.54, 1.807) is 43.0 Å². The monoisotopic (exact) mass is 271 g/mol. The highest BCUT2D eigenvalue weighted by Gasteiger charge is 2.17. The van der Waals surface area contributed by atoms with Gasteiger partial charge in [-0.25, -0.2) is 0 Å². The van der Waals surface area contributed by atoms with Crippen LogP contribution in [0.1, 0.15) is 20.3 Å². The van der Waals surface area contributed by atoms with Crippen molar-refractivity contribution < 1.29 is 15.0 Å². The van der Waals surface area contributed by atoms with E-state index < -0.39 is 11.6 Å². The van der Waals surface area contributed by atoms with Crippen molar-refractivity contribution in [3.63, 3.8) is 0 Å². The highest BCUT2D eigenvalue weighted by atomic mass is 35.5. The zero-order chi connectivity index (χ0) is 13.8. The van der Waals surface area contributed by atoms with Gasteiger partial charge in [0, 0.05) is 17.3 Å². The summed E-state index contributed by atoms with van der Waals surface area (Å²) >= 11 is 5.89. The number of nitrogens with zero attached hydrogens (tertiary/aromatic N) is 1. The van der Waals surface area contributed by atoms with E-state index in [0.29, 0.717) is 18.0 Å². The van der Waals surface area contributed by atoms with E-state index in [-0.39, 0.29) is 6.54 Å². The lowest BCUT2D eigenvalue weighted by molar-refractivity contribution is -0.135. The van der Waals surface area contributed by atoms with E-state index in [9.17, 15) is 9.90 Å². The Balaban J connectivity index is 2.81. The van der Waals surface area contributed by atoms with Crippen LogP contribution in [0, 0.1) is 0 Å². The minimum Gasteiger partial charge on any atom is -0.480 e. The van der Waals surface area contributed by atoms with Gasteiger partial charge in [-0.15, -0.1) is 0 Å². The first-order chi connectivity index (χ1) is 8.28. The molecule has 0 amide bonds. The van der Waals surface area contributed by atoms with Crippen LogP contribution in [0.25, 0.3) is 0 Å². The Bertz CT molecular complexity index is 415. The predicted octanol–water partition coefficient (Wildman–Crippen LogP) is 2.39. The van der Waals surface area contributed by atoms with E-state index in [0.717, 1.165) is 5.69 Å². The van der Waals surface area contributed by atoms with Gasteiger partial charge < -0.3 is 15.1 Å². The summed E-state index contributed by atoms with van der Waals surface area (Å²) in [6, 6.07) is 7.03. The number of benzene rings is 1. The predicted molar refractivity (Wildman–Crippen MR) is 72.2 cm³/mol. The third kappa shape index (κ3) is 5.38.